The van der Waals surface area contributed by atoms with Gasteiger partial charge in [-0.15, -0.1) is 0 Å². The third-order valence-electron chi connectivity index (χ3n) is 6.43. The fraction of sp³-hybridized carbons (Fsp3) is 0.435. The largest absolute Gasteiger partial charge is 0.355 e. The molecule has 1 aromatic carbocycles. The molecule has 168 valence electrons. The average Bonchev–Trinajstić information content (AvgIpc) is 3.38. The number of hydrogen-bond acceptors (Lipinski definition) is 5. The van der Waals surface area contributed by atoms with Crippen LogP contribution < -0.4 is 10.6 Å². The third kappa shape index (κ3) is 3.71. The highest BCUT2D eigenvalue weighted by atomic mass is 35.5. The Bertz CT molecular complexity index is 1160. The molecule has 2 aliphatic rings. The van der Waals surface area contributed by atoms with Crippen molar-refractivity contribution in [1.29, 1.82) is 0 Å². The SMILES string of the molecule is Cc1cn2nc([C@@H]3CCCCN3C(=O)c3c(F)cccc3Cl)cc2nc1N1CC[C@H](N)C1. The fourth-order valence-electron chi connectivity index (χ4n) is 4.81. The van der Waals surface area contributed by atoms with Gasteiger partial charge in [0, 0.05) is 43.5 Å². The van der Waals surface area contributed by atoms with E-state index in [1.165, 1.54) is 12.1 Å². The summed E-state index contributed by atoms with van der Waals surface area (Å²) in [6.45, 7) is 4.23. The van der Waals surface area contributed by atoms with Crippen LogP contribution in [0.15, 0.2) is 30.5 Å². The van der Waals surface area contributed by atoms with Crippen LogP contribution in [0.4, 0.5) is 10.2 Å². The van der Waals surface area contributed by atoms with Crippen LogP contribution in [0.1, 0.15) is 53.3 Å². The molecule has 32 heavy (non-hydrogen) atoms. The number of aromatic nitrogens is 3. The molecule has 0 unspecified atom stereocenters. The lowest BCUT2D eigenvalue weighted by atomic mass is 9.98. The molecule has 2 aromatic heterocycles. The van der Waals surface area contributed by atoms with Gasteiger partial charge in [0.25, 0.3) is 5.91 Å². The minimum absolute atomic E-state index is 0.0774. The van der Waals surface area contributed by atoms with Crippen molar-refractivity contribution in [3.05, 3.63) is 58.1 Å². The molecule has 5 rings (SSSR count). The normalized spacial score (nSPS) is 21.5. The van der Waals surface area contributed by atoms with Crippen molar-refractivity contribution >= 4 is 29.0 Å². The van der Waals surface area contributed by atoms with Gasteiger partial charge in [0.15, 0.2) is 5.65 Å². The molecule has 3 aromatic rings. The number of benzene rings is 1. The van der Waals surface area contributed by atoms with E-state index in [0.29, 0.717) is 6.54 Å². The second-order valence-electron chi connectivity index (χ2n) is 8.72. The number of hydrogen-bond donors (Lipinski definition) is 1. The van der Waals surface area contributed by atoms with E-state index >= 15 is 0 Å². The van der Waals surface area contributed by atoms with Crippen LogP contribution in [-0.4, -0.2) is 51.1 Å². The molecule has 2 fully saturated rings. The smallest absolute Gasteiger partial charge is 0.258 e. The Morgan fingerprint density at radius 1 is 1.25 bits per heavy atom. The predicted octanol–water partition coefficient (Wildman–Crippen LogP) is 3.74. The molecule has 2 N–H and O–H groups in total. The van der Waals surface area contributed by atoms with Crippen molar-refractivity contribution in [1.82, 2.24) is 19.5 Å². The van der Waals surface area contributed by atoms with Gasteiger partial charge in [0.2, 0.25) is 0 Å². The van der Waals surface area contributed by atoms with Gasteiger partial charge < -0.3 is 15.5 Å². The molecule has 0 saturated carbocycles. The molecule has 1 amide bonds. The van der Waals surface area contributed by atoms with Crippen LogP contribution in [0, 0.1) is 12.7 Å². The Balaban J connectivity index is 1.49. The number of piperidine rings is 1. The number of nitrogens with two attached hydrogens (primary N) is 1. The summed E-state index contributed by atoms with van der Waals surface area (Å²) < 4.78 is 16.2. The Kier molecular flexibility index (Phi) is 5.51. The molecule has 0 bridgehead atoms. The Hall–Kier alpha value is -2.71. The van der Waals surface area contributed by atoms with Gasteiger partial charge in [-0.3, -0.25) is 4.79 Å². The zero-order valence-corrected chi connectivity index (χ0v) is 18.7. The molecule has 0 aliphatic carbocycles. The first-order valence-electron chi connectivity index (χ1n) is 11.0. The number of halogens is 2. The third-order valence-corrected chi connectivity index (χ3v) is 6.74. The lowest BCUT2D eigenvalue weighted by Crippen LogP contribution is -2.39. The maximum absolute atomic E-state index is 14.4. The van der Waals surface area contributed by atoms with Crippen molar-refractivity contribution in [2.45, 2.75) is 44.7 Å². The van der Waals surface area contributed by atoms with Crippen molar-refractivity contribution in [2.75, 3.05) is 24.5 Å². The Morgan fingerprint density at radius 3 is 2.84 bits per heavy atom. The summed E-state index contributed by atoms with van der Waals surface area (Å²) in [5.74, 6) is -0.0788. The summed E-state index contributed by atoms with van der Waals surface area (Å²) in [6, 6.07) is 6.15. The zero-order chi connectivity index (χ0) is 22.4. The number of nitrogens with zero attached hydrogens (tertiary/aromatic N) is 5. The standard InChI is InChI=1S/C23H26ClFN6O/c1-14-12-31-20(27-22(14)29-10-8-15(26)13-29)11-18(28-31)19-7-2-3-9-30(19)23(32)21-16(24)5-4-6-17(21)25/h4-6,11-12,15,19H,2-3,7-10,13,26H2,1H3/t15-,19-/m0/s1. The predicted molar refractivity (Wildman–Crippen MR) is 122 cm³/mol. The quantitative estimate of drug-likeness (QED) is 0.649. The summed E-state index contributed by atoms with van der Waals surface area (Å²) in [4.78, 5) is 22.0. The van der Waals surface area contributed by atoms with Gasteiger partial charge in [-0.05, 0) is 44.7 Å². The molecule has 9 heteroatoms. The minimum Gasteiger partial charge on any atom is -0.355 e. The summed E-state index contributed by atoms with van der Waals surface area (Å²) in [6.07, 6.45) is 5.51. The topological polar surface area (TPSA) is 79.8 Å². The van der Waals surface area contributed by atoms with Crippen molar-refractivity contribution < 1.29 is 9.18 Å². The van der Waals surface area contributed by atoms with E-state index in [9.17, 15) is 9.18 Å². The van der Waals surface area contributed by atoms with Gasteiger partial charge in [-0.25, -0.2) is 13.9 Å². The molecule has 2 aliphatic heterocycles. The number of carbonyl (C=O) groups is 1. The lowest BCUT2D eigenvalue weighted by molar-refractivity contribution is 0.0601. The number of anilines is 1. The molecule has 0 spiro atoms. The maximum Gasteiger partial charge on any atom is 0.258 e. The maximum atomic E-state index is 14.4. The van der Waals surface area contributed by atoms with Crippen molar-refractivity contribution in [3.63, 3.8) is 0 Å². The Labute approximate surface area is 191 Å². The lowest BCUT2D eigenvalue weighted by Gasteiger charge is -2.35. The number of rotatable bonds is 3. The molecule has 4 heterocycles. The molecular weight excluding hydrogens is 431 g/mol. The summed E-state index contributed by atoms with van der Waals surface area (Å²) in [7, 11) is 0. The first-order chi connectivity index (χ1) is 15.4. The molecule has 2 atom stereocenters. The molecule has 0 radical (unpaired) electrons. The van der Waals surface area contributed by atoms with Gasteiger partial charge in [0.05, 0.1) is 22.3 Å². The average molecular weight is 457 g/mol. The monoisotopic (exact) mass is 456 g/mol. The number of aryl methyl sites for hydroxylation is 1. The van der Waals surface area contributed by atoms with E-state index in [2.05, 4.69) is 4.90 Å². The van der Waals surface area contributed by atoms with Gasteiger partial charge in [0.1, 0.15) is 11.6 Å². The van der Waals surface area contributed by atoms with Crippen LogP contribution >= 0.6 is 11.6 Å². The zero-order valence-electron chi connectivity index (χ0n) is 18.0. The summed E-state index contributed by atoms with van der Waals surface area (Å²) >= 11 is 6.18. The number of fused-ring (bicyclic) bond motifs is 1. The summed E-state index contributed by atoms with van der Waals surface area (Å²) in [5, 5.41) is 4.87. The van der Waals surface area contributed by atoms with Crippen LogP contribution in [0.3, 0.4) is 0 Å². The van der Waals surface area contributed by atoms with Gasteiger partial charge >= 0.3 is 0 Å². The van der Waals surface area contributed by atoms with Crippen LogP contribution in [-0.2, 0) is 0 Å². The van der Waals surface area contributed by atoms with E-state index in [4.69, 9.17) is 27.4 Å². The fourth-order valence-corrected chi connectivity index (χ4v) is 5.05. The highest BCUT2D eigenvalue weighted by Crippen LogP contribution is 2.34. The highest BCUT2D eigenvalue weighted by Gasteiger charge is 2.33. The number of carbonyl (C=O) groups excluding carboxylic acids is 1. The van der Waals surface area contributed by atoms with Crippen molar-refractivity contribution in [3.8, 4) is 0 Å². The van der Waals surface area contributed by atoms with Gasteiger partial charge in [-0.2, -0.15) is 5.10 Å². The highest BCUT2D eigenvalue weighted by molar-refractivity contribution is 6.33. The molecular formula is C23H26ClFN6O. The van der Waals surface area contributed by atoms with Crippen LogP contribution in [0.25, 0.3) is 5.65 Å². The minimum atomic E-state index is -0.604. The van der Waals surface area contributed by atoms with Crippen LogP contribution in [0.5, 0.6) is 0 Å². The number of likely N-dealkylation sites (tertiary alicyclic amines) is 1. The van der Waals surface area contributed by atoms with E-state index < -0.39 is 11.7 Å². The van der Waals surface area contributed by atoms with E-state index in [0.717, 1.165) is 61.5 Å². The van der Waals surface area contributed by atoms with E-state index in [-0.39, 0.29) is 22.7 Å². The van der Waals surface area contributed by atoms with E-state index in [1.54, 1.807) is 15.5 Å². The molecule has 7 nitrogen and oxygen atoms in total. The van der Waals surface area contributed by atoms with Crippen molar-refractivity contribution in [2.24, 2.45) is 5.73 Å². The second kappa shape index (κ2) is 8.33. The second-order valence-corrected chi connectivity index (χ2v) is 9.13. The first-order valence-corrected chi connectivity index (χ1v) is 11.4. The van der Waals surface area contributed by atoms with Crippen LogP contribution in [0.2, 0.25) is 5.02 Å². The number of amides is 1. The first kappa shape index (κ1) is 21.2. The van der Waals surface area contributed by atoms with Gasteiger partial charge in [-0.1, -0.05) is 17.7 Å². The Morgan fingerprint density at radius 2 is 2.09 bits per heavy atom. The summed E-state index contributed by atoms with van der Waals surface area (Å²) in [5.41, 5.74) is 8.51. The van der Waals surface area contributed by atoms with E-state index in [1.807, 2.05) is 19.2 Å². The molecule has 2 saturated heterocycles.